The van der Waals surface area contributed by atoms with E-state index in [0.29, 0.717) is 39.7 Å². The molecule has 0 saturated heterocycles. The molecule has 0 aliphatic heterocycles. The van der Waals surface area contributed by atoms with Crippen LogP contribution in [0.2, 0.25) is 0 Å². The lowest BCUT2D eigenvalue weighted by atomic mass is 10.1. The molecule has 4 aromatic rings. The van der Waals surface area contributed by atoms with Gasteiger partial charge in [-0.15, -0.1) is 0 Å². The number of hydrogen-bond donors (Lipinski definition) is 0. The van der Waals surface area contributed by atoms with E-state index in [1.807, 2.05) is 36.4 Å². The second kappa shape index (κ2) is 8.47. The summed E-state index contributed by atoms with van der Waals surface area (Å²) in [7, 11) is 6.24. The van der Waals surface area contributed by atoms with E-state index >= 15 is 0 Å². The van der Waals surface area contributed by atoms with Crippen LogP contribution < -0.4 is 29.3 Å². The third kappa shape index (κ3) is 3.82. The van der Waals surface area contributed by atoms with Gasteiger partial charge in [-0.1, -0.05) is 0 Å². The summed E-state index contributed by atoms with van der Waals surface area (Å²) in [6.45, 7) is 0.261. The van der Waals surface area contributed by atoms with Gasteiger partial charge in [0.2, 0.25) is 5.75 Å². The van der Waals surface area contributed by atoms with E-state index in [1.165, 1.54) is 0 Å². The molecule has 0 amide bonds. The van der Waals surface area contributed by atoms with E-state index in [2.05, 4.69) is 0 Å². The highest BCUT2D eigenvalue weighted by molar-refractivity contribution is 6.04. The first-order valence-electron chi connectivity index (χ1n) is 9.54. The Hall–Kier alpha value is -3.87. The van der Waals surface area contributed by atoms with Gasteiger partial charge in [-0.3, -0.25) is 0 Å². The number of methoxy groups -OCH3 is 4. The molecule has 0 N–H and O–H groups in total. The van der Waals surface area contributed by atoms with Crippen LogP contribution in [0.1, 0.15) is 5.56 Å². The molecule has 0 unspecified atom stereocenters. The first-order valence-corrected chi connectivity index (χ1v) is 9.54. The highest BCUT2D eigenvalue weighted by atomic mass is 16.5. The Balaban J connectivity index is 1.65. The fraction of sp³-hybridized carbons (Fsp3) is 0.208. The number of hydrogen-bond acceptors (Lipinski definition) is 7. The molecular formula is C24H22O7. The minimum absolute atomic E-state index is 0.261. The summed E-state index contributed by atoms with van der Waals surface area (Å²) in [6, 6.07) is 14.4. The first kappa shape index (κ1) is 20.4. The smallest absolute Gasteiger partial charge is 0.344 e. The van der Waals surface area contributed by atoms with E-state index in [9.17, 15) is 4.79 Å². The number of fused-ring (bicyclic) bond motifs is 3. The van der Waals surface area contributed by atoms with E-state index in [1.54, 1.807) is 40.6 Å². The Morgan fingerprint density at radius 2 is 1.39 bits per heavy atom. The van der Waals surface area contributed by atoms with Gasteiger partial charge in [-0.25, -0.2) is 4.79 Å². The van der Waals surface area contributed by atoms with Crippen LogP contribution in [0.5, 0.6) is 28.7 Å². The molecule has 1 heterocycles. The van der Waals surface area contributed by atoms with Crippen molar-refractivity contribution < 1.29 is 28.1 Å². The van der Waals surface area contributed by atoms with Gasteiger partial charge in [0.15, 0.2) is 11.5 Å². The van der Waals surface area contributed by atoms with Crippen molar-refractivity contribution in [3.8, 4) is 28.7 Å². The van der Waals surface area contributed by atoms with Gasteiger partial charge >= 0.3 is 5.63 Å². The molecule has 160 valence electrons. The Kier molecular flexibility index (Phi) is 5.58. The first-order chi connectivity index (χ1) is 15.1. The lowest BCUT2D eigenvalue weighted by Crippen LogP contribution is -2.02. The van der Waals surface area contributed by atoms with E-state index in [-0.39, 0.29) is 6.61 Å². The van der Waals surface area contributed by atoms with E-state index in [0.717, 1.165) is 16.3 Å². The molecule has 7 nitrogen and oxygen atoms in total. The van der Waals surface area contributed by atoms with Gasteiger partial charge in [0, 0.05) is 16.8 Å². The van der Waals surface area contributed by atoms with Crippen LogP contribution in [-0.2, 0) is 6.61 Å². The summed E-state index contributed by atoms with van der Waals surface area (Å²) in [5.41, 5.74) is 0.856. The van der Waals surface area contributed by atoms with Gasteiger partial charge in [-0.05, 0) is 48.0 Å². The molecule has 0 bridgehead atoms. The quantitative estimate of drug-likeness (QED) is 0.319. The van der Waals surface area contributed by atoms with Crippen LogP contribution in [0.25, 0.3) is 21.7 Å². The van der Waals surface area contributed by atoms with Crippen LogP contribution in [0.15, 0.2) is 57.7 Å². The standard InChI is InChI=1S/C24H22O7/c1-26-15-5-7-17-18-8-6-16(12-20(18)31-24(25)19(17)11-15)30-13-14-9-21(27-2)23(29-4)22(10-14)28-3/h5-12H,13H2,1-4H3. The summed E-state index contributed by atoms with van der Waals surface area (Å²) < 4.78 is 32.8. The molecule has 0 radical (unpaired) electrons. The molecule has 0 fully saturated rings. The Morgan fingerprint density at radius 3 is 2.03 bits per heavy atom. The normalized spacial score (nSPS) is 10.8. The summed E-state index contributed by atoms with van der Waals surface area (Å²) in [5, 5.41) is 2.08. The van der Waals surface area contributed by atoms with Crippen LogP contribution in [0.3, 0.4) is 0 Å². The van der Waals surface area contributed by atoms with Gasteiger partial charge < -0.3 is 28.1 Å². The summed E-state index contributed by atoms with van der Waals surface area (Å²) in [6.07, 6.45) is 0. The zero-order valence-electron chi connectivity index (χ0n) is 17.7. The molecule has 0 saturated carbocycles. The molecule has 0 aliphatic rings. The fourth-order valence-corrected chi connectivity index (χ4v) is 3.49. The lowest BCUT2D eigenvalue weighted by Gasteiger charge is -2.14. The van der Waals surface area contributed by atoms with Gasteiger partial charge in [0.05, 0.1) is 33.8 Å². The minimum Gasteiger partial charge on any atom is -0.497 e. The number of ether oxygens (including phenoxy) is 5. The van der Waals surface area contributed by atoms with Crippen molar-refractivity contribution in [2.24, 2.45) is 0 Å². The molecule has 0 aliphatic carbocycles. The molecule has 0 spiro atoms. The van der Waals surface area contributed by atoms with Crippen molar-refractivity contribution in [1.29, 1.82) is 0 Å². The van der Waals surface area contributed by atoms with Crippen molar-refractivity contribution in [3.63, 3.8) is 0 Å². The average Bonchev–Trinajstić information content (AvgIpc) is 2.81. The number of benzene rings is 3. The Bertz CT molecular complexity index is 1280. The van der Waals surface area contributed by atoms with E-state index < -0.39 is 5.63 Å². The van der Waals surface area contributed by atoms with E-state index in [4.69, 9.17) is 28.1 Å². The van der Waals surface area contributed by atoms with Crippen molar-refractivity contribution in [2.45, 2.75) is 6.61 Å². The maximum Gasteiger partial charge on any atom is 0.344 e. The Labute approximate surface area is 178 Å². The highest BCUT2D eigenvalue weighted by Gasteiger charge is 2.14. The molecule has 31 heavy (non-hydrogen) atoms. The molecule has 1 aromatic heterocycles. The largest absolute Gasteiger partial charge is 0.497 e. The molecule has 3 aromatic carbocycles. The highest BCUT2D eigenvalue weighted by Crippen LogP contribution is 2.38. The van der Waals surface area contributed by atoms with Gasteiger partial charge in [-0.2, -0.15) is 0 Å². The summed E-state index contributed by atoms with van der Waals surface area (Å²) >= 11 is 0. The van der Waals surface area contributed by atoms with Crippen molar-refractivity contribution in [3.05, 3.63) is 64.5 Å². The molecule has 7 heteroatoms. The van der Waals surface area contributed by atoms with Gasteiger partial charge in [0.1, 0.15) is 23.7 Å². The van der Waals surface area contributed by atoms with Crippen LogP contribution in [0, 0.1) is 0 Å². The number of rotatable bonds is 7. The second-order valence-electron chi connectivity index (χ2n) is 6.78. The summed E-state index contributed by atoms with van der Waals surface area (Å²) in [5.74, 6) is 2.78. The van der Waals surface area contributed by atoms with Crippen LogP contribution in [-0.4, -0.2) is 28.4 Å². The van der Waals surface area contributed by atoms with Crippen molar-refractivity contribution in [2.75, 3.05) is 28.4 Å². The zero-order valence-corrected chi connectivity index (χ0v) is 17.7. The zero-order chi connectivity index (χ0) is 22.0. The maximum absolute atomic E-state index is 12.5. The second-order valence-corrected chi connectivity index (χ2v) is 6.78. The SMILES string of the molecule is COc1ccc2c(c1)c(=O)oc1cc(OCc3cc(OC)c(OC)c(OC)c3)ccc12. The molecular weight excluding hydrogens is 400 g/mol. The average molecular weight is 422 g/mol. The third-order valence-electron chi connectivity index (χ3n) is 5.02. The van der Waals surface area contributed by atoms with Crippen LogP contribution in [0.4, 0.5) is 0 Å². The topological polar surface area (TPSA) is 76.4 Å². The Morgan fingerprint density at radius 1 is 0.710 bits per heavy atom. The lowest BCUT2D eigenvalue weighted by molar-refractivity contribution is 0.298. The monoisotopic (exact) mass is 422 g/mol. The fourth-order valence-electron chi connectivity index (χ4n) is 3.49. The van der Waals surface area contributed by atoms with Crippen molar-refractivity contribution in [1.82, 2.24) is 0 Å². The molecule has 4 rings (SSSR count). The maximum atomic E-state index is 12.5. The minimum atomic E-state index is -0.428. The predicted octanol–water partition coefficient (Wildman–Crippen LogP) is 4.56. The summed E-state index contributed by atoms with van der Waals surface area (Å²) in [4.78, 5) is 12.5. The van der Waals surface area contributed by atoms with Crippen LogP contribution >= 0.6 is 0 Å². The molecule has 0 atom stereocenters. The third-order valence-corrected chi connectivity index (χ3v) is 5.02. The van der Waals surface area contributed by atoms with Gasteiger partial charge in [0.25, 0.3) is 0 Å². The predicted molar refractivity (Wildman–Crippen MR) is 117 cm³/mol. The van der Waals surface area contributed by atoms with Crippen molar-refractivity contribution >= 4 is 21.7 Å².